The molecule has 192 valence electrons. The summed E-state index contributed by atoms with van der Waals surface area (Å²) < 4.78 is 14.7. The Bertz CT molecular complexity index is 1390. The van der Waals surface area contributed by atoms with E-state index in [0.717, 1.165) is 34.2 Å². The number of anilines is 4. The molecule has 4 nitrogen and oxygen atoms in total. The Hall–Kier alpha value is -4.08. The molecule has 6 rings (SSSR count). The van der Waals surface area contributed by atoms with E-state index < -0.39 is 21.1 Å². The molecule has 0 saturated heterocycles. The summed E-state index contributed by atoms with van der Waals surface area (Å²) >= 11 is -4.18. The van der Waals surface area contributed by atoms with Crippen LogP contribution in [0, 0.1) is 0 Å². The Morgan fingerprint density at radius 3 is 1.21 bits per heavy atom. The van der Waals surface area contributed by atoms with E-state index in [1.54, 1.807) is 0 Å². The van der Waals surface area contributed by atoms with E-state index in [1.807, 2.05) is 72.8 Å². The monoisotopic (exact) mass is 588 g/mol. The minimum atomic E-state index is -4.18. The van der Waals surface area contributed by atoms with Gasteiger partial charge in [-0.1, -0.05) is 0 Å². The van der Waals surface area contributed by atoms with Gasteiger partial charge >= 0.3 is 237 Å². The topological polar surface area (TPSA) is 42.5 Å². The van der Waals surface area contributed by atoms with Crippen LogP contribution in [0.15, 0.2) is 158 Å². The van der Waals surface area contributed by atoms with Crippen LogP contribution in [0.1, 0.15) is 0 Å². The molecule has 2 N–H and O–H groups in total. The van der Waals surface area contributed by atoms with Crippen molar-refractivity contribution in [3.63, 3.8) is 0 Å². The maximum absolute atomic E-state index is 7.27. The molecule has 0 atom stereocenters. The number of hydrogen-bond donors (Lipinski definition) is 2. The second kappa shape index (κ2) is 11.8. The van der Waals surface area contributed by atoms with Crippen LogP contribution in [0.4, 0.5) is 22.7 Å². The minimum absolute atomic E-state index is 0.0752. The van der Waals surface area contributed by atoms with Crippen molar-refractivity contribution >= 4 is 22.7 Å². The first-order chi connectivity index (χ1) is 19.3. The molecule has 2 aliphatic rings. The van der Waals surface area contributed by atoms with E-state index in [4.69, 9.17) is 5.63 Å². The Morgan fingerprint density at radius 2 is 0.795 bits per heavy atom. The third-order valence-corrected chi connectivity index (χ3v) is 16.0. The van der Waals surface area contributed by atoms with Crippen molar-refractivity contribution in [3.8, 4) is 11.5 Å². The fourth-order valence-electron chi connectivity index (χ4n) is 4.93. The summed E-state index contributed by atoms with van der Waals surface area (Å²) in [5.74, 6) is 1.60. The fourth-order valence-corrected chi connectivity index (χ4v) is 13.8. The van der Waals surface area contributed by atoms with Crippen LogP contribution >= 0.6 is 0 Å². The number of allylic oxidation sites excluding steroid dienone is 8. The average molecular weight is 590 g/mol. The van der Waals surface area contributed by atoms with Crippen LogP contribution in [-0.2, 0) is 21.1 Å². The molecule has 0 fully saturated rings. The molecule has 39 heavy (non-hydrogen) atoms. The fraction of sp³-hybridized carbons (Fsp3) is 0.0588. The summed E-state index contributed by atoms with van der Waals surface area (Å²) in [5, 5.41) is 7.11. The number of nitrogens with one attached hydrogen (secondary N) is 2. The summed E-state index contributed by atoms with van der Waals surface area (Å²) in [7, 11) is 0. The normalized spacial score (nSPS) is 14.6. The molecule has 2 aliphatic carbocycles. The van der Waals surface area contributed by atoms with Crippen molar-refractivity contribution in [2.45, 2.75) is 7.25 Å². The SMILES string of the molecule is C1=C[CH]([Zr]([O]c2ccccc2Nc2ccccc2)([O]c2ccccc2Nc2ccccc2)[CH]2C=CC=C2)C=C1. The van der Waals surface area contributed by atoms with Gasteiger partial charge in [-0.05, 0) is 0 Å². The summed E-state index contributed by atoms with van der Waals surface area (Å²) in [5.41, 5.74) is 3.85. The molecule has 0 aromatic heterocycles. The molecule has 0 aliphatic heterocycles. The van der Waals surface area contributed by atoms with Gasteiger partial charge in [-0.3, -0.25) is 0 Å². The van der Waals surface area contributed by atoms with Gasteiger partial charge in [0.1, 0.15) is 0 Å². The molecule has 0 amide bonds. The molecule has 0 radical (unpaired) electrons. The van der Waals surface area contributed by atoms with Gasteiger partial charge in [0.2, 0.25) is 0 Å². The Kier molecular flexibility index (Phi) is 7.60. The summed E-state index contributed by atoms with van der Waals surface area (Å²) in [6, 6.07) is 36.7. The van der Waals surface area contributed by atoms with Gasteiger partial charge in [-0.25, -0.2) is 0 Å². The van der Waals surface area contributed by atoms with Crippen LogP contribution in [0.2, 0.25) is 7.25 Å². The van der Waals surface area contributed by atoms with Crippen molar-refractivity contribution in [2.24, 2.45) is 0 Å². The quantitative estimate of drug-likeness (QED) is 0.193. The predicted octanol–water partition coefficient (Wildman–Crippen LogP) is 9.44. The van der Waals surface area contributed by atoms with Crippen LogP contribution in [0.3, 0.4) is 0 Å². The third kappa shape index (κ3) is 5.69. The zero-order chi connectivity index (χ0) is 26.3. The van der Waals surface area contributed by atoms with Crippen molar-refractivity contribution in [1.29, 1.82) is 0 Å². The molecule has 5 heteroatoms. The molecule has 0 saturated carbocycles. The first-order valence-electron chi connectivity index (χ1n) is 13.2. The summed E-state index contributed by atoms with van der Waals surface area (Å²) in [4.78, 5) is 0. The number of para-hydroxylation sites is 6. The van der Waals surface area contributed by atoms with Gasteiger partial charge in [0.25, 0.3) is 0 Å². The average Bonchev–Trinajstić information content (AvgIpc) is 3.72. The van der Waals surface area contributed by atoms with Gasteiger partial charge in [0, 0.05) is 0 Å². The second-order valence-corrected chi connectivity index (χ2v) is 17.3. The Balaban J connectivity index is 1.42. The van der Waals surface area contributed by atoms with E-state index in [0.29, 0.717) is 0 Å². The van der Waals surface area contributed by atoms with E-state index >= 15 is 0 Å². The predicted molar refractivity (Wildman–Crippen MR) is 158 cm³/mol. The molecule has 0 bridgehead atoms. The van der Waals surface area contributed by atoms with Crippen molar-refractivity contribution in [3.05, 3.63) is 158 Å². The van der Waals surface area contributed by atoms with Gasteiger partial charge in [0.05, 0.1) is 0 Å². The van der Waals surface area contributed by atoms with Crippen molar-refractivity contribution < 1.29 is 26.8 Å². The van der Waals surface area contributed by atoms with Crippen LogP contribution in [-0.4, -0.2) is 0 Å². The molecule has 0 heterocycles. The molecule has 4 aromatic carbocycles. The zero-order valence-electron chi connectivity index (χ0n) is 21.5. The van der Waals surface area contributed by atoms with Crippen LogP contribution in [0.5, 0.6) is 11.5 Å². The number of benzene rings is 4. The van der Waals surface area contributed by atoms with Gasteiger partial charge in [-0.2, -0.15) is 0 Å². The first kappa shape index (κ1) is 25.2. The van der Waals surface area contributed by atoms with Crippen LogP contribution in [0.25, 0.3) is 0 Å². The van der Waals surface area contributed by atoms with E-state index in [2.05, 4.69) is 95.6 Å². The molecule has 4 aromatic rings. The Labute approximate surface area is 235 Å². The Morgan fingerprint density at radius 1 is 0.436 bits per heavy atom. The van der Waals surface area contributed by atoms with Gasteiger partial charge in [0.15, 0.2) is 0 Å². The van der Waals surface area contributed by atoms with Crippen molar-refractivity contribution in [1.82, 2.24) is 0 Å². The molecular formula is C34H30N2O2Zr. The van der Waals surface area contributed by atoms with E-state index in [-0.39, 0.29) is 7.25 Å². The molecule has 0 unspecified atom stereocenters. The third-order valence-electron chi connectivity index (χ3n) is 6.84. The first-order valence-corrected chi connectivity index (χ1v) is 18.0. The van der Waals surface area contributed by atoms with Gasteiger partial charge in [-0.15, -0.1) is 0 Å². The zero-order valence-corrected chi connectivity index (χ0v) is 23.9. The van der Waals surface area contributed by atoms with Crippen molar-refractivity contribution in [2.75, 3.05) is 10.6 Å². The maximum atomic E-state index is 7.27. The molecular weight excluding hydrogens is 560 g/mol. The summed E-state index contributed by atoms with van der Waals surface area (Å²) in [6.45, 7) is 0. The number of rotatable bonds is 10. The number of hydrogen-bond acceptors (Lipinski definition) is 4. The summed E-state index contributed by atoms with van der Waals surface area (Å²) in [6.07, 6.45) is 17.4. The standard InChI is InChI=1S/2C12H11NO.2C5H5.Zr/c2*14-12-9-5-4-8-11(12)13-10-6-2-1-3-7-10;2*1-2-4-5-3-1;/h2*1-9,13-14H;2*1-5H;/q;;;;+2/p-2. The molecule has 0 spiro atoms. The van der Waals surface area contributed by atoms with E-state index in [1.165, 1.54) is 0 Å². The van der Waals surface area contributed by atoms with E-state index in [9.17, 15) is 0 Å². The van der Waals surface area contributed by atoms with Gasteiger partial charge < -0.3 is 0 Å². The van der Waals surface area contributed by atoms with Crippen LogP contribution < -0.4 is 16.3 Å². The second-order valence-electron chi connectivity index (χ2n) is 9.49.